The lowest BCUT2D eigenvalue weighted by Crippen LogP contribution is -2.46. The zero-order chi connectivity index (χ0) is 17.2. The van der Waals surface area contributed by atoms with Crippen LogP contribution in [0.3, 0.4) is 0 Å². The first-order valence-corrected chi connectivity index (χ1v) is 8.91. The number of ether oxygens (including phenoxy) is 1. The molecule has 1 aliphatic heterocycles. The Morgan fingerprint density at radius 2 is 2.00 bits per heavy atom. The third-order valence-electron chi connectivity index (χ3n) is 4.66. The van der Waals surface area contributed by atoms with E-state index < -0.39 is 0 Å². The molecule has 2 aliphatic rings. The summed E-state index contributed by atoms with van der Waals surface area (Å²) in [4.78, 5) is 19.2. The molecule has 5 nitrogen and oxygen atoms in total. The molecule has 1 N–H and O–H groups in total. The number of amides is 1. The third kappa shape index (κ3) is 3.82. The van der Waals surface area contributed by atoms with Gasteiger partial charge in [0.25, 0.3) is 5.91 Å². The minimum Gasteiger partial charge on any atom is -0.367 e. The predicted molar refractivity (Wildman–Crippen MR) is 96.5 cm³/mol. The van der Waals surface area contributed by atoms with E-state index in [-0.39, 0.29) is 18.1 Å². The van der Waals surface area contributed by atoms with E-state index in [0.717, 1.165) is 11.4 Å². The molecule has 1 saturated carbocycles. The molecular weight excluding hydrogens is 314 g/mol. The van der Waals surface area contributed by atoms with Crippen LogP contribution >= 0.6 is 0 Å². The zero-order valence-electron chi connectivity index (χ0n) is 14.4. The maximum atomic E-state index is 13.0. The Labute approximate surface area is 148 Å². The van der Waals surface area contributed by atoms with E-state index in [2.05, 4.69) is 22.4 Å². The topological polar surface area (TPSA) is 54.5 Å². The van der Waals surface area contributed by atoms with E-state index in [1.54, 1.807) is 12.3 Å². The molecule has 1 aromatic carbocycles. The molecule has 0 radical (unpaired) electrons. The highest BCUT2D eigenvalue weighted by molar-refractivity contribution is 5.95. The fourth-order valence-electron chi connectivity index (χ4n) is 3.23. The number of aromatic nitrogens is 1. The van der Waals surface area contributed by atoms with Gasteiger partial charge in [-0.3, -0.25) is 4.79 Å². The number of morpholine rings is 1. The van der Waals surface area contributed by atoms with Crippen molar-refractivity contribution in [2.75, 3.05) is 18.4 Å². The first kappa shape index (κ1) is 16.1. The number of rotatable bonds is 4. The van der Waals surface area contributed by atoms with Crippen LogP contribution in [0.1, 0.15) is 41.8 Å². The number of pyridine rings is 1. The predicted octanol–water partition coefficient (Wildman–Crippen LogP) is 3.26. The van der Waals surface area contributed by atoms with Gasteiger partial charge in [-0.05, 0) is 37.5 Å². The maximum Gasteiger partial charge on any atom is 0.254 e. The normalized spacial score (nSPS) is 23.3. The molecule has 2 fully saturated rings. The Balaban J connectivity index is 1.50. The molecule has 0 spiro atoms. The molecule has 1 saturated heterocycles. The van der Waals surface area contributed by atoms with Crippen LogP contribution in [0, 0.1) is 0 Å². The van der Waals surface area contributed by atoms with Gasteiger partial charge in [0, 0.05) is 24.3 Å². The van der Waals surface area contributed by atoms with Crippen molar-refractivity contribution in [1.29, 1.82) is 0 Å². The van der Waals surface area contributed by atoms with Crippen molar-refractivity contribution in [1.82, 2.24) is 9.88 Å². The Morgan fingerprint density at radius 3 is 2.76 bits per heavy atom. The first-order valence-electron chi connectivity index (χ1n) is 8.91. The van der Waals surface area contributed by atoms with Crippen LogP contribution in [0.15, 0.2) is 48.7 Å². The minimum atomic E-state index is -0.0835. The van der Waals surface area contributed by atoms with Crippen LogP contribution in [-0.2, 0) is 4.74 Å². The van der Waals surface area contributed by atoms with Gasteiger partial charge in [-0.1, -0.05) is 30.3 Å². The van der Waals surface area contributed by atoms with Gasteiger partial charge < -0.3 is 15.0 Å². The molecule has 2 heterocycles. The highest BCUT2D eigenvalue weighted by atomic mass is 16.5. The Morgan fingerprint density at radius 1 is 1.20 bits per heavy atom. The summed E-state index contributed by atoms with van der Waals surface area (Å²) in [6.07, 6.45) is 3.99. The second-order valence-electron chi connectivity index (χ2n) is 6.90. The second kappa shape index (κ2) is 6.84. The maximum absolute atomic E-state index is 13.0. The van der Waals surface area contributed by atoms with Crippen molar-refractivity contribution >= 4 is 11.7 Å². The van der Waals surface area contributed by atoms with Crippen LogP contribution in [-0.4, -0.2) is 41.0 Å². The van der Waals surface area contributed by atoms with Gasteiger partial charge in [0.15, 0.2) is 0 Å². The highest BCUT2D eigenvalue weighted by Gasteiger charge is 2.30. The van der Waals surface area contributed by atoms with Crippen LogP contribution in [0.5, 0.6) is 0 Å². The first-order chi connectivity index (χ1) is 12.2. The Bertz CT molecular complexity index is 746. The molecule has 2 aromatic rings. The van der Waals surface area contributed by atoms with Crippen LogP contribution in [0.2, 0.25) is 0 Å². The second-order valence-corrected chi connectivity index (χ2v) is 6.90. The Hall–Kier alpha value is -2.40. The lowest BCUT2D eigenvalue weighted by Gasteiger charge is -2.37. The average molecular weight is 337 g/mol. The summed E-state index contributed by atoms with van der Waals surface area (Å²) in [5.74, 6) is 0.826. The average Bonchev–Trinajstić information content (AvgIpc) is 3.45. The lowest BCUT2D eigenvalue weighted by atomic mass is 10.1. The zero-order valence-corrected chi connectivity index (χ0v) is 14.4. The number of hydrogen-bond donors (Lipinski definition) is 1. The number of hydrogen-bond acceptors (Lipinski definition) is 4. The standard InChI is InChI=1S/C20H23N3O2/c1-14-12-23(13-18(25-14)15-5-3-2-4-6-15)20(24)16-9-10-21-19(11-16)22-17-7-8-17/h2-6,9-11,14,17-18H,7-8,12-13H2,1H3,(H,21,22)/t14-,18-/m0/s1. The van der Waals surface area contributed by atoms with E-state index >= 15 is 0 Å². The fourth-order valence-corrected chi connectivity index (χ4v) is 3.23. The summed E-state index contributed by atoms with van der Waals surface area (Å²) in [6, 6.07) is 14.3. The summed E-state index contributed by atoms with van der Waals surface area (Å²) in [5.41, 5.74) is 1.79. The molecule has 1 aliphatic carbocycles. The summed E-state index contributed by atoms with van der Waals surface area (Å²) in [7, 11) is 0. The number of benzene rings is 1. The summed E-state index contributed by atoms with van der Waals surface area (Å²) >= 11 is 0. The van der Waals surface area contributed by atoms with Crippen molar-refractivity contribution < 1.29 is 9.53 Å². The monoisotopic (exact) mass is 337 g/mol. The van der Waals surface area contributed by atoms with Crippen molar-refractivity contribution in [2.45, 2.75) is 38.0 Å². The van der Waals surface area contributed by atoms with Crippen molar-refractivity contribution in [3.63, 3.8) is 0 Å². The summed E-state index contributed by atoms with van der Waals surface area (Å²) < 4.78 is 6.05. The van der Waals surface area contributed by atoms with Gasteiger partial charge in [-0.2, -0.15) is 0 Å². The number of carbonyl (C=O) groups is 1. The molecule has 0 bridgehead atoms. The smallest absolute Gasteiger partial charge is 0.254 e. The van der Waals surface area contributed by atoms with Gasteiger partial charge in [0.2, 0.25) is 0 Å². The highest BCUT2D eigenvalue weighted by Crippen LogP contribution is 2.27. The van der Waals surface area contributed by atoms with Crippen LogP contribution in [0.25, 0.3) is 0 Å². The molecule has 1 amide bonds. The van der Waals surface area contributed by atoms with Gasteiger partial charge in [0.1, 0.15) is 11.9 Å². The van der Waals surface area contributed by atoms with Crippen molar-refractivity contribution in [3.05, 3.63) is 59.8 Å². The van der Waals surface area contributed by atoms with Gasteiger partial charge >= 0.3 is 0 Å². The minimum absolute atomic E-state index is 0.00815. The molecule has 5 heteroatoms. The molecule has 25 heavy (non-hydrogen) atoms. The molecule has 2 atom stereocenters. The SMILES string of the molecule is C[C@H]1CN(C(=O)c2ccnc(NC3CC3)c2)C[C@@H](c2ccccc2)O1. The molecule has 0 unspecified atom stereocenters. The van der Waals surface area contributed by atoms with E-state index in [0.29, 0.717) is 24.7 Å². The molecule has 1 aromatic heterocycles. The summed E-state index contributed by atoms with van der Waals surface area (Å²) in [6.45, 7) is 3.19. The number of anilines is 1. The van der Waals surface area contributed by atoms with Crippen LogP contribution < -0.4 is 5.32 Å². The van der Waals surface area contributed by atoms with E-state index in [1.807, 2.05) is 36.1 Å². The lowest BCUT2D eigenvalue weighted by molar-refractivity contribution is -0.0691. The molecule has 130 valence electrons. The third-order valence-corrected chi connectivity index (χ3v) is 4.66. The molecular formula is C20H23N3O2. The molecule has 4 rings (SSSR count). The van der Waals surface area contributed by atoms with Gasteiger partial charge in [-0.25, -0.2) is 4.98 Å². The van der Waals surface area contributed by atoms with Crippen LogP contribution in [0.4, 0.5) is 5.82 Å². The Kier molecular flexibility index (Phi) is 4.40. The van der Waals surface area contributed by atoms with E-state index in [4.69, 9.17) is 4.74 Å². The summed E-state index contributed by atoms with van der Waals surface area (Å²) in [5, 5.41) is 3.35. The van der Waals surface area contributed by atoms with E-state index in [9.17, 15) is 4.79 Å². The van der Waals surface area contributed by atoms with Gasteiger partial charge in [0.05, 0.1) is 12.6 Å². The largest absolute Gasteiger partial charge is 0.367 e. The van der Waals surface area contributed by atoms with Gasteiger partial charge in [-0.15, -0.1) is 0 Å². The van der Waals surface area contributed by atoms with Crippen molar-refractivity contribution in [3.8, 4) is 0 Å². The van der Waals surface area contributed by atoms with Crippen molar-refractivity contribution in [2.24, 2.45) is 0 Å². The van der Waals surface area contributed by atoms with E-state index in [1.165, 1.54) is 12.8 Å². The number of nitrogens with one attached hydrogen (secondary N) is 1. The quantitative estimate of drug-likeness (QED) is 0.930. The number of carbonyl (C=O) groups excluding carboxylic acids is 1. The fraction of sp³-hybridized carbons (Fsp3) is 0.400. The number of nitrogens with zero attached hydrogens (tertiary/aromatic N) is 2.